The molecule has 112 valence electrons. The highest BCUT2D eigenvalue weighted by molar-refractivity contribution is 5.26. The molecule has 1 heteroatoms. The number of benzene rings is 1. The first-order chi connectivity index (χ1) is 9.69. The Kier molecular flexibility index (Phi) is 5.65. The van der Waals surface area contributed by atoms with E-state index in [-0.39, 0.29) is 0 Å². The molecule has 0 bridgehead atoms. The molecule has 1 nitrogen and oxygen atoms in total. The van der Waals surface area contributed by atoms with Crippen molar-refractivity contribution in [2.24, 2.45) is 5.41 Å². The Bertz CT molecular complexity index is 387. The number of nitrogens with one attached hydrogen (secondary N) is 1. The van der Waals surface area contributed by atoms with Crippen LogP contribution in [0.3, 0.4) is 0 Å². The van der Waals surface area contributed by atoms with Gasteiger partial charge < -0.3 is 5.32 Å². The Morgan fingerprint density at radius 3 is 2.25 bits per heavy atom. The van der Waals surface area contributed by atoms with Crippen LogP contribution in [-0.4, -0.2) is 6.54 Å². The van der Waals surface area contributed by atoms with Gasteiger partial charge in [-0.3, -0.25) is 0 Å². The van der Waals surface area contributed by atoms with Gasteiger partial charge in [-0.15, -0.1) is 0 Å². The zero-order valence-corrected chi connectivity index (χ0v) is 13.5. The summed E-state index contributed by atoms with van der Waals surface area (Å²) >= 11 is 0. The minimum absolute atomic E-state index is 0.432. The highest BCUT2D eigenvalue weighted by Gasteiger charge is 2.35. The lowest BCUT2D eigenvalue weighted by atomic mass is 9.68. The summed E-state index contributed by atoms with van der Waals surface area (Å²) in [5.74, 6) is 0. The Morgan fingerprint density at radius 2 is 1.70 bits per heavy atom. The molecule has 1 fully saturated rings. The third kappa shape index (κ3) is 3.63. The van der Waals surface area contributed by atoms with Gasteiger partial charge in [-0.25, -0.2) is 0 Å². The topological polar surface area (TPSA) is 12.0 Å². The molecule has 2 rings (SSSR count). The van der Waals surface area contributed by atoms with Gasteiger partial charge in [-0.1, -0.05) is 64.3 Å². The van der Waals surface area contributed by atoms with Gasteiger partial charge in [0.1, 0.15) is 0 Å². The van der Waals surface area contributed by atoms with Crippen LogP contribution in [0.15, 0.2) is 24.3 Å². The third-order valence-corrected chi connectivity index (χ3v) is 5.01. The fourth-order valence-electron chi connectivity index (χ4n) is 3.65. The van der Waals surface area contributed by atoms with Gasteiger partial charge in [-0.05, 0) is 48.8 Å². The van der Waals surface area contributed by atoms with E-state index in [1.54, 1.807) is 0 Å². The summed E-state index contributed by atoms with van der Waals surface area (Å²) in [7, 11) is 0. The number of hydrogen-bond donors (Lipinski definition) is 1. The Labute approximate surface area is 125 Å². The quantitative estimate of drug-likeness (QED) is 0.745. The molecule has 0 amide bonds. The van der Waals surface area contributed by atoms with E-state index in [0.29, 0.717) is 11.5 Å². The van der Waals surface area contributed by atoms with E-state index in [1.165, 1.54) is 49.7 Å². The van der Waals surface area contributed by atoms with Crippen molar-refractivity contribution >= 4 is 0 Å². The molecule has 1 N–H and O–H groups in total. The molecule has 0 saturated heterocycles. The van der Waals surface area contributed by atoms with Gasteiger partial charge >= 0.3 is 0 Å². The fourth-order valence-corrected chi connectivity index (χ4v) is 3.65. The van der Waals surface area contributed by atoms with Crippen molar-refractivity contribution in [1.82, 2.24) is 5.32 Å². The van der Waals surface area contributed by atoms with E-state index in [1.807, 2.05) is 0 Å². The van der Waals surface area contributed by atoms with Crippen LogP contribution in [0.2, 0.25) is 0 Å². The molecular formula is C19H31N. The normalized spacial score (nSPS) is 19.8. The van der Waals surface area contributed by atoms with Crippen LogP contribution < -0.4 is 5.32 Å². The van der Waals surface area contributed by atoms with Gasteiger partial charge in [0.25, 0.3) is 0 Å². The lowest BCUT2D eigenvalue weighted by Crippen LogP contribution is -2.38. The van der Waals surface area contributed by atoms with Crippen molar-refractivity contribution in [1.29, 1.82) is 0 Å². The van der Waals surface area contributed by atoms with Crippen LogP contribution in [0, 0.1) is 5.41 Å². The van der Waals surface area contributed by atoms with Gasteiger partial charge in [0.15, 0.2) is 0 Å². The first-order valence-corrected chi connectivity index (χ1v) is 8.52. The maximum absolute atomic E-state index is 3.83. The second kappa shape index (κ2) is 7.26. The SMILES string of the molecule is CCCNC(c1ccc(CC)cc1)C1(C)CCCCC1. The van der Waals surface area contributed by atoms with Crippen molar-refractivity contribution in [2.75, 3.05) is 6.54 Å². The molecule has 1 atom stereocenters. The summed E-state index contributed by atoms with van der Waals surface area (Å²) in [6.07, 6.45) is 9.28. The molecule has 1 aliphatic carbocycles. The van der Waals surface area contributed by atoms with E-state index in [4.69, 9.17) is 0 Å². The largest absolute Gasteiger partial charge is 0.309 e. The highest BCUT2D eigenvalue weighted by atomic mass is 14.9. The first-order valence-electron chi connectivity index (χ1n) is 8.52. The van der Waals surface area contributed by atoms with Crippen LogP contribution >= 0.6 is 0 Å². The number of aryl methyl sites for hydroxylation is 1. The molecular weight excluding hydrogens is 242 g/mol. The van der Waals surface area contributed by atoms with Crippen LogP contribution in [0.4, 0.5) is 0 Å². The second-order valence-electron chi connectivity index (χ2n) is 6.70. The highest BCUT2D eigenvalue weighted by Crippen LogP contribution is 2.45. The number of rotatable bonds is 6. The van der Waals surface area contributed by atoms with E-state index < -0.39 is 0 Å². The predicted octanol–water partition coefficient (Wildman–Crippen LogP) is 5.26. The smallest absolute Gasteiger partial charge is 0.0374 e. The molecule has 1 aromatic carbocycles. The van der Waals surface area contributed by atoms with Crippen molar-refractivity contribution in [2.45, 2.75) is 71.8 Å². The molecule has 0 spiro atoms. The van der Waals surface area contributed by atoms with E-state index in [9.17, 15) is 0 Å². The zero-order valence-electron chi connectivity index (χ0n) is 13.5. The molecule has 20 heavy (non-hydrogen) atoms. The van der Waals surface area contributed by atoms with Crippen LogP contribution in [0.5, 0.6) is 0 Å². The number of hydrogen-bond acceptors (Lipinski definition) is 1. The van der Waals surface area contributed by atoms with E-state index in [0.717, 1.165) is 13.0 Å². The maximum Gasteiger partial charge on any atom is 0.0374 e. The molecule has 0 radical (unpaired) electrons. The Hall–Kier alpha value is -0.820. The third-order valence-electron chi connectivity index (χ3n) is 5.01. The summed E-state index contributed by atoms with van der Waals surface area (Å²) < 4.78 is 0. The zero-order chi connectivity index (χ0) is 14.4. The molecule has 0 aromatic heterocycles. The predicted molar refractivity (Wildman–Crippen MR) is 88.0 cm³/mol. The molecule has 1 unspecified atom stereocenters. The molecule has 0 aliphatic heterocycles. The molecule has 0 heterocycles. The molecule has 1 saturated carbocycles. The van der Waals surface area contributed by atoms with E-state index in [2.05, 4.69) is 50.4 Å². The lowest BCUT2D eigenvalue weighted by Gasteiger charge is -2.41. The van der Waals surface area contributed by atoms with Gasteiger partial charge in [0.2, 0.25) is 0 Å². The minimum atomic E-state index is 0.432. The van der Waals surface area contributed by atoms with Crippen LogP contribution in [0.1, 0.15) is 76.5 Å². The minimum Gasteiger partial charge on any atom is -0.309 e. The van der Waals surface area contributed by atoms with Gasteiger partial charge in [0, 0.05) is 6.04 Å². The van der Waals surface area contributed by atoms with Crippen molar-refractivity contribution in [3.8, 4) is 0 Å². The summed E-state index contributed by atoms with van der Waals surface area (Å²) in [4.78, 5) is 0. The summed E-state index contributed by atoms with van der Waals surface area (Å²) in [5.41, 5.74) is 3.36. The molecule has 1 aromatic rings. The Morgan fingerprint density at radius 1 is 1.05 bits per heavy atom. The van der Waals surface area contributed by atoms with Crippen molar-refractivity contribution in [3.63, 3.8) is 0 Å². The summed E-state index contributed by atoms with van der Waals surface area (Å²) in [6, 6.07) is 9.84. The van der Waals surface area contributed by atoms with Crippen LogP contribution in [0.25, 0.3) is 0 Å². The average Bonchev–Trinajstić information content (AvgIpc) is 2.49. The first kappa shape index (κ1) is 15.6. The van der Waals surface area contributed by atoms with E-state index >= 15 is 0 Å². The summed E-state index contributed by atoms with van der Waals surface area (Å²) in [6.45, 7) is 8.10. The van der Waals surface area contributed by atoms with Gasteiger partial charge in [0.05, 0.1) is 0 Å². The van der Waals surface area contributed by atoms with Crippen LogP contribution in [-0.2, 0) is 6.42 Å². The van der Waals surface area contributed by atoms with Crippen molar-refractivity contribution in [3.05, 3.63) is 35.4 Å². The standard InChI is InChI=1S/C19H31N/c1-4-15-20-18(19(3)13-7-6-8-14-19)17-11-9-16(5-2)10-12-17/h9-12,18,20H,4-8,13-15H2,1-3H3. The fraction of sp³-hybridized carbons (Fsp3) is 0.684. The average molecular weight is 273 g/mol. The summed E-state index contributed by atoms with van der Waals surface area (Å²) in [5, 5.41) is 3.83. The maximum atomic E-state index is 3.83. The van der Waals surface area contributed by atoms with Crippen molar-refractivity contribution < 1.29 is 0 Å². The molecule has 1 aliphatic rings. The second-order valence-corrected chi connectivity index (χ2v) is 6.70. The lowest BCUT2D eigenvalue weighted by molar-refractivity contribution is 0.144. The monoisotopic (exact) mass is 273 g/mol. The van der Waals surface area contributed by atoms with Gasteiger partial charge in [-0.2, -0.15) is 0 Å². The Balaban J connectivity index is 2.20.